The van der Waals surface area contributed by atoms with Crippen LogP contribution in [0.5, 0.6) is 0 Å². The zero-order valence-electron chi connectivity index (χ0n) is 10.6. The SMILES string of the molecule is Cn1ccnc1C(O)c1ccc(C(C)(C)C)s1. The molecular weight excluding hydrogens is 232 g/mol. The molecule has 3 nitrogen and oxygen atoms in total. The third-order valence-electron chi connectivity index (χ3n) is 2.74. The van der Waals surface area contributed by atoms with E-state index in [1.807, 2.05) is 23.9 Å². The van der Waals surface area contributed by atoms with E-state index in [1.54, 1.807) is 17.5 Å². The topological polar surface area (TPSA) is 38.0 Å². The second-order valence-corrected chi connectivity index (χ2v) is 6.37. The Balaban J connectivity index is 2.30. The summed E-state index contributed by atoms with van der Waals surface area (Å²) in [6.45, 7) is 6.53. The Bertz CT molecular complexity index is 507. The molecule has 0 amide bonds. The van der Waals surface area contributed by atoms with Gasteiger partial charge in [0.1, 0.15) is 11.9 Å². The number of hydrogen-bond donors (Lipinski definition) is 1. The van der Waals surface area contributed by atoms with Crippen molar-refractivity contribution in [2.75, 3.05) is 0 Å². The highest BCUT2D eigenvalue weighted by Gasteiger charge is 2.21. The molecule has 0 radical (unpaired) electrons. The van der Waals surface area contributed by atoms with Gasteiger partial charge in [-0.1, -0.05) is 20.8 Å². The summed E-state index contributed by atoms with van der Waals surface area (Å²) in [4.78, 5) is 6.41. The molecule has 0 spiro atoms. The third-order valence-corrected chi connectivity index (χ3v) is 4.30. The van der Waals surface area contributed by atoms with Crippen LogP contribution in [-0.2, 0) is 12.5 Å². The van der Waals surface area contributed by atoms with Crippen molar-refractivity contribution in [1.82, 2.24) is 9.55 Å². The van der Waals surface area contributed by atoms with Crippen LogP contribution in [0.2, 0.25) is 0 Å². The molecule has 0 aliphatic rings. The number of imidazole rings is 1. The van der Waals surface area contributed by atoms with E-state index in [2.05, 4.69) is 31.8 Å². The summed E-state index contributed by atoms with van der Waals surface area (Å²) in [5, 5.41) is 10.3. The molecular formula is C13H18N2OS. The van der Waals surface area contributed by atoms with Gasteiger partial charge < -0.3 is 9.67 Å². The van der Waals surface area contributed by atoms with Crippen molar-refractivity contribution in [3.63, 3.8) is 0 Å². The van der Waals surface area contributed by atoms with Crippen LogP contribution in [0.3, 0.4) is 0 Å². The number of rotatable bonds is 2. The summed E-state index contributed by atoms with van der Waals surface area (Å²) in [6, 6.07) is 4.08. The number of aliphatic hydroxyl groups excluding tert-OH is 1. The molecule has 2 aromatic rings. The summed E-state index contributed by atoms with van der Waals surface area (Å²) in [5.41, 5.74) is 0.129. The Labute approximate surface area is 106 Å². The standard InChI is InChI=1S/C13H18N2OS/c1-13(2,3)10-6-5-9(17-10)11(16)12-14-7-8-15(12)4/h5-8,11,16H,1-4H3. The lowest BCUT2D eigenvalue weighted by Gasteiger charge is -2.15. The lowest BCUT2D eigenvalue weighted by atomic mass is 9.95. The number of hydrogen-bond acceptors (Lipinski definition) is 3. The Morgan fingerprint density at radius 1 is 1.35 bits per heavy atom. The minimum absolute atomic E-state index is 0.129. The summed E-state index contributed by atoms with van der Waals surface area (Å²) in [7, 11) is 1.89. The third kappa shape index (κ3) is 2.42. The fraction of sp³-hybridized carbons (Fsp3) is 0.462. The fourth-order valence-corrected chi connectivity index (χ4v) is 2.72. The highest BCUT2D eigenvalue weighted by atomic mass is 32.1. The van der Waals surface area contributed by atoms with Crippen molar-refractivity contribution in [2.24, 2.45) is 7.05 Å². The zero-order valence-corrected chi connectivity index (χ0v) is 11.5. The van der Waals surface area contributed by atoms with Crippen LogP contribution in [0.1, 0.15) is 42.5 Å². The van der Waals surface area contributed by atoms with E-state index in [4.69, 9.17) is 0 Å². The zero-order chi connectivity index (χ0) is 12.6. The van der Waals surface area contributed by atoms with Gasteiger partial charge in [-0.25, -0.2) is 4.98 Å². The predicted octanol–water partition coefficient (Wildman–Crippen LogP) is 2.86. The van der Waals surface area contributed by atoms with E-state index in [0.717, 1.165) is 4.88 Å². The van der Waals surface area contributed by atoms with E-state index in [1.165, 1.54) is 4.88 Å². The fourth-order valence-electron chi connectivity index (χ4n) is 1.67. The molecule has 0 aliphatic carbocycles. The van der Waals surface area contributed by atoms with Gasteiger partial charge in [-0.3, -0.25) is 0 Å². The molecule has 4 heteroatoms. The minimum Gasteiger partial charge on any atom is -0.380 e. The summed E-state index contributed by atoms with van der Waals surface area (Å²) < 4.78 is 1.85. The number of thiophene rings is 1. The number of aromatic nitrogens is 2. The summed E-state index contributed by atoms with van der Waals surface area (Å²) >= 11 is 1.65. The maximum Gasteiger partial charge on any atom is 0.146 e. The maximum absolute atomic E-state index is 10.3. The Morgan fingerprint density at radius 2 is 2.06 bits per heavy atom. The van der Waals surface area contributed by atoms with Gasteiger partial charge >= 0.3 is 0 Å². The molecule has 1 unspecified atom stereocenters. The van der Waals surface area contributed by atoms with E-state index in [9.17, 15) is 5.11 Å². The highest BCUT2D eigenvalue weighted by Crippen LogP contribution is 2.33. The largest absolute Gasteiger partial charge is 0.380 e. The maximum atomic E-state index is 10.3. The van der Waals surface area contributed by atoms with Gasteiger partial charge in [0.15, 0.2) is 0 Å². The van der Waals surface area contributed by atoms with Crippen LogP contribution >= 0.6 is 11.3 Å². The predicted molar refractivity (Wildman–Crippen MR) is 70.3 cm³/mol. The molecule has 1 atom stereocenters. The van der Waals surface area contributed by atoms with Crippen molar-refractivity contribution < 1.29 is 5.11 Å². The van der Waals surface area contributed by atoms with Crippen LogP contribution in [0.4, 0.5) is 0 Å². The monoisotopic (exact) mass is 250 g/mol. The van der Waals surface area contributed by atoms with Gasteiger partial charge in [0.25, 0.3) is 0 Å². The van der Waals surface area contributed by atoms with Gasteiger partial charge in [-0.15, -0.1) is 11.3 Å². The number of aryl methyl sites for hydroxylation is 1. The first-order valence-corrected chi connectivity index (χ1v) is 6.47. The lowest BCUT2D eigenvalue weighted by Crippen LogP contribution is -2.08. The first-order chi connectivity index (χ1) is 7.89. The van der Waals surface area contributed by atoms with Crippen LogP contribution in [-0.4, -0.2) is 14.7 Å². The molecule has 92 valence electrons. The average Bonchev–Trinajstić information content (AvgIpc) is 2.83. The van der Waals surface area contributed by atoms with Crippen molar-refractivity contribution in [3.8, 4) is 0 Å². The van der Waals surface area contributed by atoms with Gasteiger partial charge in [0.2, 0.25) is 0 Å². The molecule has 2 aromatic heterocycles. The normalized spacial score (nSPS) is 13.9. The molecule has 0 bridgehead atoms. The quantitative estimate of drug-likeness (QED) is 0.890. The average molecular weight is 250 g/mol. The van der Waals surface area contributed by atoms with Crippen molar-refractivity contribution >= 4 is 11.3 Å². The Morgan fingerprint density at radius 3 is 2.53 bits per heavy atom. The van der Waals surface area contributed by atoms with E-state index in [0.29, 0.717) is 5.82 Å². The van der Waals surface area contributed by atoms with E-state index >= 15 is 0 Å². The number of nitrogens with zero attached hydrogens (tertiary/aromatic N) is 2. The van der Waals surface area contributed by atoms with Gasteiger partial charge in [-0.2, -0.15) is 0 Å². The van der Waals surface area contributed by atoms with Crippen LogP contribution in [0.15, 0.2) is 24.5 Å². The van der Waals surface area contributed by atoms with Crippen molar-refractivity contribution in [3.05, 3.63) is 40.1 Å². The summed E-state index contributed by atoms with van der Waals surface area (Å²) in [5.74, 6) is 0.687. The first kappa shape index (κ1) is 12.3. The van der Waals surface area contributed by atoms with Crippen LogP contribution in [0.25, 0.3) is 0 Å². The van der Waals surface area contributed by atoms with E-state index < -0.39 is 6.10 Å². The second kappa shape index (κ2) is 4.27. The van der Waals surface area contributed by atoms with Crippen LogP contribution in [0, 0.1) is 0 Å². The lowest BCUT2D eigenvalue weighted by molar-refractivity contribution is 0.210. The van der Waals surface area contributed by atoms with Gasteiger partial charge in [-0.05, 0) is 17.5 Å². The number of aliphatic hydroxyl groups is 1. The van der Waals surface area contributed by atoms with Gasteiger partial charge in [0, 0.05) is 29.2 Å². The van der Waals surface area contributed by atoms with Crippen molar-refractivity contribution in [2.45, 2.75) is 32.3 Å². The molecule has 0 aromatic carbocycles. The molecule has 1 N–H and O–H groups in total. The highest BCUT2D eigenvalue weighted by molar-refractivity contribution is 7.12. The minimum atomic E-state index is -0.629. The second-order valence-electron chi connectivity index (χ2n) is 5.25. The Hall–Kier alpha value is -1.13. The summed E-state index contributed by atoms with van der Waals surface area (Å²) in [6.07, 6.45) is 2.92. The van der Waals surface area contributed by atoms with Crippen LogP contribution < -0.4 is 0 Å². The molecule has 0 fully saturated rings. The molecule has 17 heavy (non-hydrogen) atoms. The Kier molecular flexibility index (Phi) is 3.10. The molecule has 0 saturated carbocycles. The van der Waals surface area contributed by atoms with E-state index in [-0.39, 0.29) is 5.41 Å². The smallest absolute Gasteiger partial charge is 0.146 e. The van der Waals surface area contributed by atoms with Gasteiger partial charge in [0.05, 0.1) is 0 Å². The van der Waals surface area contributed by atoms with Crippen molar-refractivity contribution in [1.29, 1.82) is 0 Å². The molecule has 2 rings (SSSR count). The molecule has 0 aliphatic heterocycles. The molecule has 0 saturated heterocycles. The first-order valence-electron chi connectivity index (χ1n) is 5.65. The molecule has 2 heterocycles.